The van der Waals surface area contributed by atoms with E-state index in [9.17, 15) is 8.42 Å². The topological polar surface area (TPSA) is 117 Å². The Morgan fingerprint density at radius 3 is 3.11 bits per heavy atom. The average molecular weight is 400 g/mol. The largest absolute Gasteiger partial charge is 0.350 e. The minimum Gasteiger partial charge on any atom is -0.350 e. The van der Waals surface area contributed by atoms with E-state index < -0.39 is 9.84 Å². The van der Waals surface area contributed by atoms with Crippen molar-refractivity contribution < 1.29 is 8.42 Å². The molecule has 2 saturated heterocycles. The van der Waals surface area contributed by atoms with Gasteiger partial charge in [0.05, 0.1) is 23.7 Å². The van der Waals surface area contributed by atoms with Gasteiger partial charge in [-0.05, 0) is 12.1 Å². The molecule has 0 spiro atoms. The lowest BCUT2D eigenvalue weighted by atomic mass is 10.1. The van der Waals surface area contributed by atoms with E-state index in [0.29, 0.717) is 19.0 Å². The van der Waals surface area contributed by atoms with Gasteiger partial charge in [0.25, 0.3) is 0 Å². The van der Waals surface area contributed by atoms with Crippen LogP contribution in [-0.2, 0) is 16.4 Å². The number of nitrogens with zero attached hydrogens (tertiary/aromatic N) is 6. The van der Waals surface area contributed by atoms with Crippen LogP contribution in [0.25, 0.3) is 5.65 Å². The highest BCUT2D eigenvalue weighted by atomic mass is 32.2. The lowest BCUT2D eigenvalue weighted by Crippen LogP contribution is -2.57. The fraction of sp³-hybridized carbons (Fsp3) is 0.412. The van der Waals surface area contributed by atoms with Crippen LogP contribution in [0.5, 0.6) is 0 Å². The highest BCUT2D eigenvalue weighted by Crippen LogP contribution is 2.26. The predicted octanol–water partition coefficient (Wildman–Crippen LogP) is -0.293. The molecule has 5 rings (SSSR count). The summed E-state index contributed by atoms with van der Waals surface area (Å²) >= 11 is 0. The first-order valence-electron chi connectivity index (χ1n) is 9.14. The molecule has 2 atom stereocenters. The predicted molar refractivity (Wildman–Crippen MR) is 104 cm³/mol. The average Bonchev–Trinajstić information content (AvgIpc) is 3.25. The number of rotatable bonds is 4. The van der Waals surface area contributed by atoms with Gasteiger partial charge in [-0.3, -0.25) is 0 Å². The smallest absolute Gasteiger partial charge is 0.224 e. The summed E-state index contributed by atoms with van der Waals surface area (Å²) in [5.74, 6) is 1.57. The minimum absolute atomic E-state index is 0.0463. The Morgan fingerprint density at radius 1 is 1.25 bits per heavy atom. The second-order valence-electron chi connectivity index (χ2n) is 7.05. The summed E-state index contributed by atoms with van der Waals surface area (Å²) in [5, 5.41) is 10.8. The standard InChI is InChI=1S/C17H20N8O2S/c26-28(27)10-13-14(11-28)24(7-5-18-13)15-2-4-20-17(23-15)21-8-12-9-22-25-6-1-3-19-16(12)25/h1-4,6,9,13-14,18H,5,7-8,10-11H2,(H,20,21,23)/t13-,14+/m0/s1. The number of piperazine rings is 1. The Labute approximate surface area is 161 Å². The van der Waals surface area contributed by atoms with Gasteiger partial charge in [-0.1, -0.05) is 0 Å². The molecule has 3 aromatic rings. The number of hydrogen-bond acceptors (Lipinski definition) is 9. The maximum absolute atomic E-state index is 12.1. The molecular formula is C17H20N8O2S. The van der Waals surface area contributed by atoms with Gasteiger partial charge in [-0.15, -0.1) is 0 Å². The van der Waals surface area contributed by atoms with Gasteiger partial charge in [0, 0.05) is 49.8 Å². The molecule has 2 N–H and O–H groups in total. The Balaban J connectivity index is 1.35. The third-order valence-electron chi connectivity index (χ3n) is 5.21. The van der Waals surface area contributed by atoms with Crippen molar-refractivity contribution in [2.45, 2.75) is 18.6 Å². The molecule has 0 aromatic carbocycles. The SMILES string of the molecule is O=S1(=O)C[C@@H]2NCCN(c3ccnc(NCc4cnn5cccnc45)n3)[C@@H]2C1. The zero-order valence-corrected chi connectivity index (χ0v) is 15.9. The fourth-order valence-corrected chi connectivity index (χ4v) is 5.88. The van der Waals surface area contributed by atoms with E-state index >= 15 is 0 Å². The van der Waals surface area contributed by atoms with Crippen LogP contribution in [0.15, 0.2) is 36.9 Å². The van der Waals surface area contributed by atoms with Gasteiger partial charge in [-0.2, -0.15) is 10.1 Å². The second kappa shape index (κ2) is 6.67. The van der Waals surface area contributed by atoms with Crippen LogP contribution >= 0.6 is 0 Å². The summed E-state index contributed by atoms with van der Waals surface area (Å²) in [7, 11) is -3.02. The molecule has 146 valence electrons. The second-order valence-corrected chi connectivity index (χ2v) is 9.20. The normalized spacial score (nSPS) is 23.6. The molecule has 10 nitrogen and oxygen atoms in total. The van der Waals surface area contributed by atoms with E-state index in [2.05, 4.69) is 35.6 Å². The summed E-state index contributed by atoms with van der Waals surface area (Å²) < 4.78 is 25.8. The molecule has 3 aromatic heterocycles. The monoisotopic (exact) mass is 400 g/mol. The van der Waals surface area contributed by atoms with Crippen molar-refractivity contribution in [3.05, 3.63) is 42.5 Å². The molecule has 2 fully saturated rings. The van der Waals surface area contributed by atoms with Gasteiger partial charge < -0.3 is 15.5 Å². The first-order valence-corrected chi connectivity index (χ1v) is 11.0. The summed E-state index contributed by atoms with van der Waals surface area (Å²) in [6, 6.07) is 3.52. The summed E-state index contributed by atoms with van der Waals surface area (Å²) in [5.41, 5.74) is 1.73. The third-order valence-corrected chi connectivity index (χ3v) is 6.92. The van der Waals surface area contributed by atoms with Gasteiger partial charge in [0.15, 0.2) is 15.5 Å². The number of aromatic nitrogens is 5. The van der Waals surface area contributed by atoms with Crippen LogP contribution in [0, 0.1) is 0 Å². The van der Waals surface area contributed by atoms with E-state index in [1.54, 1.807) is 23.1 Å². The molecule has 2 aliphatic heterocycles. The molecule has 2 aliphatic rings. The zero-order chi connectivity index (χ0) is 19.1. The molecule has 28 heavy (non-hydrogen) atoms. The van der Waals surface area contributed by atoms with Gasteiger partial charge >= 0.3 is 0 Å². The fourth-order valence-electron chi connectivity index (χ4n) is 3.92. The molecule has 5 heterocycles. The van der Waals surface area contributed by atoms with Crippen LogP contribution in [0.3, 0.4) is 0 Å². The van der Waals surface area contributed by atoms with Crippen LogP contribution in [0.4, 0.5) is 11.8 Å². The number of fused-ring (bicyclic) bond motifs is 2. The van der Waals surface area contributed by atoms with E-state index in [1.165, 1.54) is 0 Å². The van der Waals surface area contributed by atoms with Crippen LogP contribution in [0.2, 0.25) is 0 Å². The molecule has 0 bridgehead atoms. The first-order chi connectivity index (χ1) is 13.6. The Bertz CT molecular complexity index is 1120. The Kier molecular flexibility index (Phi) is 4.13. The van der Waals surface area contributed by atoms with Crippen LogP contribution in [0.1, 0.15) is 5.56 Å². The van der Waals surface area contributed by atoms with Gasteiger partial charge in [-0.25, -0.2) is 22.9 Å². The molecule has 0 aliphatic carbocycles. The highest BCUT2D eigenvalue weighted by Gasteiger charge is 2.43. The van der Waals surface area contributed by atoms with E-state index in [1.807, 2.05) is 18.3 Å². The highest BCUT2D eigenvalue weighted by molar-refractivity contribution is 7.91. The van der Waals surface area contributed by atoms with Crippen molar-refractivity contribution in [1.29, 1.82) is 0 Å². The van der Waals surface area contributed by atoms with E-state index in [4.69, 9.17) is 0 Å². The van der Waals surface area contributed by atoms with Crippen LogP contribution < -0.4 is 15.5 Å². The van der Waals surface area contributed by atoms with Crippen molar-refractivity contribution in [3.8, 4) is 0 Å². The number of nitrogens with one attached hydrogen (secondary N) is 2. The maximum Gasteiger partial charge on any atom is 0.224 e. The number of hydrogen-bond donors (Lipinski definition) is 2. The molecular weight excluding hydrogens is 380 g/mol. The van der Waals surface area contributed by atoms with Crippen molar-refractivity contribution in [2.24, 2.45) is 0 Å². The van der Waals surface area contributed by atoms with Crippen molar-refractivity contribution >= 4 is 27.3 Å². The van der Waals surface area contributed by atoms with Gasteiger partial charge in [0.2, 0.25) is 5.95 Å². The lowest BCUT2D eigenvalue weighted by Gasteiger charge is -2.38. The first kappa shape index (κ1) is 17.3. The third kappa shape index (κ3) is 3.16. The van der Waals surface area contributed by atoms with Crippen LogP contribution in [-0.4, -0.2) is 69.7 Å². The molecule has 0 saturated carbocycles. The maximum atomic E-state index is 12.1. The Hall–Kier alpha value is -2.79. The lowest BCUT2D eigenvalue weighted by molar-refractivity contribution is 0.423. The number of sulfone groups is 1. The Morgan fingerprint density at radius 2 is 2.18 bits per heavy atom. The molecule has 11 heteroatoms. The molecule has 0 radical (unpaired) electrons. The van der Waals surface area contributed by atoms with Crippen molar-refractivity contribution in [2.75, 3.05) is 34.8 Å². The summed E-state index contributed by atoms with van der Waals surface area (Å²) in [4.78, 5) is 15.3. The quantitative estimate of drug-likeness (QED) is 0.609. The van der Waals surface area contributed by atoms with E-state index in [0.717, 1.165) is 23.6 Å². The molecule has 0 unspecified atom stereocenters. The summed E-state index contributed by atoms with van der Waals surface area (Å²) in [6.45, 7) is 1.94. The number of anilines is 2. The van der Waals surface area contributed by atoms with Gasteiger partial charge in [0.1, 0.15) is 5.82 Å². The minimum atomic E-state index is -3.02. The molecule has 0 amide bonds. The summed E-state index contributed by atoms with van der Waals surface area (Å²) in [6.07, 6.45) is 7.04. The van der Waals surface area contributed by atoms with Crippen molar-refractivity contribution in [1.82, 2.24) is 29.9 Å². The van der Waals surface area contributed by atoms with E-state index in [-0.39, 0.29) is 23.6 Å². The van der Waals surface area contributed by atoms with Crippen molar-refractivity contribution in [3.63, 3.8) is 0 Å². The zero-order valence-electron chi connectivity index (χ0n) is 15.1.